The molecule has 3 rings (SSSR count). The van der Waals surface area contributed by atoms with Gasteiger partial charge in [-0.3, -0.25) is 9.36 Å². The van der Waals surface area contributed by atoms with Crippen LogP contribution in [0.25, 0.3) is 5.69 Å². The van der Waals surface area contributed by atoms with Gasteiger partial charge in [0.1, 0.15) is 5.75 Å². The SMILES string of the molecule is CCC(=O)NCc1nnc(SCc2cccc(C(F)(F)F)c2)n1-c1cccc(OC)c1. The number of halogens is 3. The normalized spacial score (nSPS) is 11.4. The number of thioether (sulfide) groups is 1. The summed E-state index contributed by atoms with van der Waals surface area (Å²) in [5.41, 5.74) is 0.542. The molecule has 0 saturated heterocycles. The Labute approximate surface area is 181 Å². The summed E-state index contributed by atoms with van der Waals surface area (Å²) in [6.07, 6.45) is -4.06. The van der Waals surface area contributed by atoms with E-state index in [1.165, 1.54) is 17.8 Å². The van der Waals surface area contributed by atoms with Crippen molar-refractivity contribution < 1.29 is 22.7 Å². The van der Waals surface area contributed by atoms with Crippen LogP contribution in [-0.2, 0) is 23.3 Å². The minimum atomic E-state index is -4.40. The van der Waals surface area contributed by atoms with E-state index in [9.17, 15) is 18.0 Å². The molecule has 164 valence electrons. The minimum Gasteiger partial charge on any atom is -0.497 e. The molecule has 6 nitrogen and oxygen atoms in total. The minimum absolute atomic E-state index is 0.127. The third-order valence-corrected chi connectivity index (χ3v) is 5.40. The average Bonchev–Trinajstić information content (AvgIpc) is 3.18. The number of carbonyl (C=O) groups is 1. The van der Waals surface area contributed by atoms with E-state index in [4.69, 9.17) is 4.74 Å². The van der Waals surface area contributed by atoms with Gasteiger partial charge >= 0.3 is 6.18 Å². The molecule has 0 bridgehead atoms. The van der Waals surface area contributed by atoms with E-state index in [-0.39, 0.29) is 18.2 Å². The first-order valence-electron chi connectivity index (χ1n) is 9.46. The zero-order valence-electron chi connectivity index (χ0n) is 16.9. The molecule has 3 aromatic rings. The number of ether oxygens (including phenoxy) is 1. The quantitative estimate of drug-likeness (QED) is 0.508. The lowest BCUT2D eigenvalue weighted by Gasteiger charge is -2.12. The Morgan fingerprint density at radius 3 is 2.65 bits per heavy atom. The van der Waals surface area contributed by atoms with Crippen LogP contribution in [0.4, 0.5) is 13.2 Å². The fourth-order valence-corrected chi connectivity index (χ4v) is 3.72. The topological polar surface area (TPSA) is 69.0 Å². The van der Waals surface area contributed by atoms with Gasteiger partial charge in [-0.05, 0) is 23.8 Å². The predicted octanol–water partition coefficient (Wildman–Crippen LogP) is 4.61. The second-order valence-corrected chi connectivity index (χ2v) is 7.50. The lowest BCUT2D eigenvalue weighted by atomic mass is 10.1. The number of alkyl halides is 3. The van der Waals surface area contributed by atoms with Gasteiger partial charge in [0.05, 0.1) is 24.9 Å². The van der Waals surface area contributed by atoms with E-state index in [1.54, 1.807) is 36.8 Å². The van der Waals surface area contributed by atoms with E-state index in [2.05, 4.69) is 15.5 Å². The lowest BCUT2D eigenvalue weighted by Crippen LogP contribution is -2.23. The van der Waals surface area contributed by atoms with Crippen molar-refractivity contribution in [1.29, 1.82) is 0 Å². The van der Waals surface area contributed by atoms with Gasteiger partial charge in [-0.25, -0.2) is 0 Å². The Balaban J connectivity index is 1.89. The van der Waals surface area contributed by atoms with Crippen LogP contribution in [0.3, 0.4) is 0 Å². The van der Waals surface area contributed by atoms with Crippen molar-refractivity contribution in [2.24, 2.45) is 0 Å². The van der Waals surface area contributed by atoms with Gasteiger partial charge in [0, 0.05) is 18.2 Å². The summed E-state index contributed by atoms with van der Waals surface area (Å²) in [5.74, 6) is 1.27. The molecule has 0 unspecified atom stereocenters. The first-order chi connectivity index (χ1) is 14.8. The molecule has 0 saturated carbocycles. The highest BCUT2D eigenvalue weighted by Crippen LogP contribution is 2.32. The van der Waals surface area contributed by atoms with Crippen LogP contribution >= 0.6 is 11.8 Å². The molecule has 10 heteroatoms. The Kier molecular flexibility index (Phi) is 7.21. The third-order valence-electron chi connectivity index (χ3n) is 4.40. The van der Waals surface area contributed by atoms with Crippen molar-refractivity contribution in [2.45, 2.75) is 37.0 Å². The van der Waals surface area contributed by atoms with Gasteiger partial charge in [-0.15, -0.1) is 10.2 Å². The van der Waals surface area contributed by atoms with Crippen molar-refractivity contribution in [3.63, 3.8) is 0 Å². The van der Waals surface area contributed by atoms with Crippen molar-refractivity contribution in [3.05, 3.63) is 65.5 Å². The highest BCUT2D eigenvalue weighted by Gasteiger charge is 2.30. The molecule has 0 radical (unpaired) electrons. The number of hydrogen-bond acceptors (Lipinski definition) is 5. The van der Waals surface area contributed by atoms with E-state index in [1.807, 2.05) is 12.1 Å². The Morgan fingerprint density at radius 1 is 1.16 bits per heavy atom. The van der Waals surface area contributed by atoms with Crippen molar-refractivity contribution >= 4 is 17.7 Å². The van der Waals surface area contributed by atoms with Crippen molar-refractivity contribution in [3.8, 4) is 11.4 Å². The summed E-state index contributed by atoms with van der Waals surface area (Å²) in [6, 6.07) is 12.4. The monoisotopic (exact) mass is 450 g/mol. The molecule has 0 atom stereocenters. The molecule has 0 aliphatic heterocycles. The largest absolute Gasteiger partial charge is 0.497 e. The van der Waals surface area contributed by atoms with E-state index in [0.717, 1.165) is 17.8 Å². The number of hydrogen-bond donors (Lipinski definition) is 1. The molecular weight excluding hydrogens is 429 g/mol. The van der Waals surface area contributed by atoms with Gasteiger partial charge < -0.3 is 10.1 Å². The summed E-state index contributed by atoms with van der Waals surface area (Å²) in [4.78, 5) is 11.7. The fourth-order valence-electron chi connectivity index (χ4n) is 2.81. The second-order valence-electron chi connectivity index (χ2n) is 6.55. The van der Waals surface area contributed by atoms with Crippen molar-refractivity contribution in [2.75, 3.05) is 7.11 Å². The highest BCUT2D eigenvalue weighted by molar-refractivity contribution is 7.98. The number of methoxy groups -OCH3 is 1. The number of aromatic nitrogens is 3. The smallest absolute Gasteiger partial charge is 0.416 e. The van der Waals surface area contributed by atoms with Crippen LogP contribution < -0.4 is 10.1 Å². The number of amides is 1. The zero-order chi connectivity index (χ0) is 22.4. The van der Waals surface area contributed by atoms with Crippen molar-refractivity contribution in [1.82, 2.24) is 20.1 Å². The maximum absolute atomic E-state index is 13.0. The van der Waals surface area contributed by atoms with Gasteiger partial charge in [0.2, 0.25) is 5.91 Å². The van der Waals surface area contributed by atoms with E-state index < -0.39 is 11.7 Å². The first kappa shape index (κ1) is 22.7. The summed E-state index contributed by atoms with van der Waals surface area (Å²) in [7, 11) is 1.55. The molecule has 31 heavy (non-hydrogen) atoms. The second kappa shape index (κ2) is 9.86. The molecule has 1 heterocycles. The Bertz CT molecular complexity index is 1050. The van der Waals surface area contributed by atoms with Gasteiger partial charge in [-0.1, -0.05) is 43.0 Å². The molecule has 1 amide bonds. The Hall–Kier alpha value is -3.01. The standard InChI is InChI=1S/C21H21F3N4O2S/c1-3-19(29)25-12-18-26-27-20(28(18)16-8-5-9-17(11-16)30-2)31-13-14-6-4-7-15(10-14)21(22,23)24/h4-11H,3,12-13H2,1-2H3,(H,25,29). The average molecular weight is 450 g/mol. The van der Waals surface area contributed by atoms with Crippen LogP contribution in [-0.4, -0.2) is 27.8 Å². The molecule has 1 N–H and O–H groups in total. The summed E-state index contributed by atoms with van der Waals surface area (Å²) in [6.45, 7) is 1.92. The van der Waals surface area contributed by atoms with Crippen LogP contribution in [0.5, 0.6) is 5.75 Å². The Morgan fingerprint density at radius 2 is 1.94 bits per heavy atom. The van der Waals surface area contributed by atoms with Gasteiger partial charge in [-0.2, -0.15) is 13.2 Å². The number of nitrogens with one attached hydrogen (secondary N) is 1. The molecular formula is C21H21F3N4O2S. The molecule has 0 aliphatic carbocycles. The molecule has 0 aliphatic rings. The third kappa shape index (κ3) is 5.78. The fraction of sp³-hybridized carbons (Fsp3) is 0.286. The number of benzene rings is 2. The van der Waals surface area contributed by atoms with Crippen LogP contribution in [0.1, 0.15) is 30.3 Å². The molecule has 2 aromatic carbocycles. The van der Waals surface area contributed by atoms with Crippen LogP contribution in [0, 0.1) is 0 Å². The van der Waals surface area contributed by atoms with E-state index in [0.29, 0.717) is 28.7 Å². The number of carbonyl (C=O) groups excluding carboxylic acids is 1. The summed E-state index contributed by atoms with van der Waals surface area (Å²) in [5, 5.41) is 11.6. The van der Waals surface area contributed by atoms with Gasteiger partial charge in [0.25, 0.3) is 0 Å². The molecule has 1 aromatic heterocycles. The van der Waals surface area contributed by atoms with Crippen LogP contribution in [0.15, 0.2) is 53.7 Å². The lowest BCUT2D eigenvalue weighted by molar-refractivity contribution is -0.137. The summed E-state index contributed by atoms with van der Waals surface area (Å²) >= 11 is 1.26. The zero-order valence-corrected chi connectivity index (χ0v) is 17.8. The van der Waals surface area contributed by atoms with Gasteiger partial charge in [0.15, 0.2) is 11.0 Å². The predicted molar refractivity (Wildman–Crippen MR) is 111 cm³/mol. The van der Waals surface area contributed by atoms with E-state index >= 15 is 0 Å². The number of rotatable bonds is 8. The summed E-state index contributed by atoms with van der Waals surface area (Å²) < 4.78 is 46.0. The highest BCUT2D eigenvalue weighted by atomic mass is 32.2. The number of nitrogens with zero attached hydrogens (tertiary/aromatic N) is 3. The maximum atomic E-state index is 13.0. The molecule has 0 spiro atoms. The molecule has 0 fully saturated rings. The first-order valence-corrected chi connectivity index (χ1v) is 10.4. The maximum Gasteiger partial charge on any atom is 0.416 e. The van der Waals surface area contributed by atoms with Crippen LogP contribution in [0.2, 0.25) is 0 Å².